The van der Waals surface area contributed by atoms with Gasteiger partial charge in [-0.25, -0.2) is 4.79 Å². The van der Waals surface area contributed by atoms with Crippen LogP contribution in [-0.4, -0.2) is 21.8 Å². The Morgan fingerprint density at radius 2 is 2.00 bits per heavy atom. The van der Waals surface area contributed by atoms with Gasteiger partial charge in [-0.15, -0.1) is 6.58 Å². The molecular weight excluding hydrogens is 334 g/mol. The molecule has 2 N–H and O–H groups in total. The molecule has 0 radical (unpaired) electrons. The molecule has 5 nitrogen and oxygen atoms in total. The summed E-state index contributed by atoms with van der Waals surface area (Å²) in [6.07, 6.45) is 3.40. The Hall–Kier alpha value is -2.05. The summed E-state index contributed by atoms with van der Waals surface area (Å²) in [4.78, 5) is 26.6. The zero-order valence-electron chi connectivity index (χ0n) is 14.2. The molecule has 3 rings (SSSR count). The summed E-state index contributed by atoms with van der Waals surface area (Å²) in [5, 5.41) is 3.28. The third kappa shape index (κ3) is 4.32. The van der Waals surface area contributed by atoms with Crippen LogP contribution in [0, 0.1) is 0 Å². The third-order valence-corrected chi connectivity index (χ3v) is 5.39. The molecule has 0 fully saturated rings. The maximum atomic E-state index is 12.2. The van der Waals surface area contributed by atoms with E-state index in [-0.39, 0.29) is 11.2 Å². The lowest BCUT2D eigenvalue weighted by Gasteiger charge is -2.19. The van der Waals surface area contributed by atoms with Crippen LogP contribution in [-0.2, 0) is 31.7 Å². The van der Waals surface area contributed by atoms with Crippen molar-refractivity contribution < 1.29 is 0 Å². The molecule has 0 aliphatic carbocycles. The van der Waals surface area contributed by atoms with Crippen LogP contribution in [0.25, 0.3) is 0 Å². The lowest BCUT2D eigenvalue weighted by Crippen LogP contribution is -2.37. The topological polar surface area (TPSA) is 66.9 Å². The molecule has 6 heteroatoms. The number of rotatable bonds is 7. The highest BCUT2D eigenvalue weighted by Gasteiger charge is 2.18. The molecule has 1 aromatic carbocycles. The van der Waals surface area contributed by atoms with E-state index >= 15 is 0 Å². The van der Waals surface area contributed by atoms with Gasteiger partial charge in [0.05, 0.1) is 0 Å². The highest BCUT2D eigenvalue weighted by molar-refractivity contribution is 7.98. The Kier molecular flexibility index (Phi) is 5.94. The number of nitrogens with zero attached hydrogens (tertiary/aromatic N) is 1. The minimum Gasteiger partial charge on any atom is -0.309 e. The van der Waals surface area contributed by atoms with Gasteiger partial charge in [0.2, 0.25) is 0 Å². The van der Waals surface area contributed by atoms with E-state index in [1.807, 2.05) is 6.08 Å². The zero-order valence-corrected chi connectivity index (χ0v) is 15.0. The van der Waals surface area contributed by atoms with E-state index in [2.05, 4.69) is 41.1 Å². The highest BCUT2D eigenvalue weighted by Crippen LogP contribution is 2.20. The van der Waals surface area contributed by atoms with E-state index in [0.29, 0.717) is 12.3 Å². The summed E-state index contributed by atoms with van der Waals surface area (Å²) in [6, 6.07) is 8.41. The number of aromatic amines is 1. The SMILES string of the molecule is C=CCNCc1ccc(CCn2c3c(c(=O)[nH]c2=O)CSCC3)cc1. The van der Waals surface area contributed by atoms with E-state index in [9.17, 15) is 9.59 Å². The van der Waals surface area contributed by atoms with Crippen molar-refractivity contribution in [1.29, 1.82) is 0 Å². The Morgan fingerprint density at radius 1 is 1.24 bits per heavy atom. The summed E-state index contributed by atoms with van der Waals surface area (Å²) in [5.74, 6) is 1.65. The number of hydrogen-bond acceptors (Lipinski definition) is 4. The van der Waals surface area contributed by atoms with Gasteiger partial charge in [-0.2, -0.15) is 11.8 Å². The first-order valence-corrected chi connectivity index (χ1v) is 9.66. The molecule has 25 heavy (non-hydrogen) atoms. The summed E-state index contributed by atoms with van der Waals surface area (Å²) < 4.78 is 1.75. The molecule has 1 aliphatic rings. The molecule has 2 heterocycles. The molecule has 2 aromatic rings. The van der Waals surface area contributed by atoms with Crippen LogP contribution in [0.1, 0.15) is 22.4 Å². The molecule has 0 saturated heterocycles. The molecule has 0 bridgehead atoms. The fourth-order valence-electron chi connectivity index (χ4n) is 3.05. The Bertz CT molecular complexity index is 852. The third-order valence-electron chi connectivity index (χ3n) is 4.41. The number of nitrogens with one attached hydrogen (secondary N) is 2. The van der Waals surface area contributed by atoms with Crippen molar-refractivity contribution in [2.75, 3.05) is 12.3 Å². The Balaban J connectivity index is 1.71. The second kappa shape index (κ2) is 8.36. The van der Waals surface area contributed by atoms with Crippen LogP contribution >= 0.6 is 11.8 Å². The highest BCUT2D eigenvalue weighted by atomic mass is 32.2. The lowest BCUT2D eigenvalue weighted by molar-refractivity contribution is 0.604. The normalized spacial score (nSPS) is 13.4. The van der Waals surface area contributed by atoms with E-state index in [0.717, 1.165) is 42.9 Å². The summed E-state index contributed by atoms with van der Waals surface area (Å²) in [6.45, 7) is 5.89. The van der Waals surface area contributed by atoms with Gasteiger partial charge in [0.15, 0.2) is 0 Å². The minimum absolute atomic E-state index is 0.222. The van der Waals surface area contributed by atoms with Gasteiger partial charge >= 0.3 is 5.69 Å². The number of aromatic nitrogens is 2. The van der Waals surface area contributed by atoms with E-state index in [1.54, 1.807) is 16.3 Å². The zero-order chi connectivity index (χ0) is 17.6. The first-order chi connectivity index (χ1) is 12.2. The van der Waals surface area contributed by atoms with Gasteiger partial charge < -0.3 is 5.32 Å². The van der Waals surface area contributed by atoms with Crippen LogP contribution in [0.4, 0.5) is 0 Å². The monoisotopic (exact) mass is 357 g/mol. The van der Waals surface area contributed by atoms with Crippen LogP contribution in [0.3, 0.4) is 0 Å². The maximum absolute atomic E-state index is 12.2. The van der Waals surface area contributed by atoms with Gasteiger partial charge in [-0.1, -0.05) is 30.3 Å². The van der Waals surface area contributed by atoms with Crippen molar-refractivity contribution in [3.05, 3.63) is 80.1 Å². The molecule has 0 saturated carbocycles. The maximum Gasteiger partial charge on any atom is 0.328 e. The lowest BCUT2D eigenvalue weighted by atomic mass is 10.1. The second-order valence-electron chi connectivity index (χ2n) is 6.12. The summed E-state index contributed by atoms with van der Waals surface area (Å²) >= 11 is 1.74. The number of H-pyrrole nitrogens is 1. The number of hydrogen-bond donors (Lipinski definition) is 2. The number of fused-ring (bicyclic) bond motifs is 1. The largest absolute Gasteiger partial charge is 0.328 e. The molecule has 0 unspecified atom stereocenters. The molecule has 0 spiro atoms. The van der Waals surface area contributed by atoms with E-state index in [1.165, 1.54) is 11.1 Å². The van der Waals surface area contributed by atoms with Crippen molar-refractivity contribution >= 4 is 11.8 Å². The van der Waals surface area contributed by atoms with Crippen LogP contribution in [0.2, 0.25) is 0 Å². The van der Waals surface area contributed by atoms with Crippen molar-refractivity contribution in [3.8, 4) is 0 Å². The summed E-state index contributed by atoms with van der Waals surface area (Å²) in [5.41, 5.74) is 3.57. The molecule has 0 amide bonds. The van der Waals surface area contributed by atoms with E-state index in [4.69, 9.17) is 0 Å². The Morgan fingerprint density at radius 3 is 2.76 bits per heavy atom. The first-order valence-electron chi connectivity index (χ1n) is 8.51. The molecular formula is C19H23N3O2S. The number of benzene rings is 1. The van der Waals surface area contributed by atoms with Gasteiger partial charge in [0, 0.05) is 36.6 Å². The van der Waals surface area contributed by atoms with Gasteiger partial charge in [-0.05, 0) is 29.7 Å². The van der Waals surface area contributed by atoms with Gasteiger partial charge in [0.25, 0.3) is 5.56 Å². The molecule has 1 aromatic heterocycles. The predicted octanol–water partition coefficient (Wildman–Crippen LogP) is 1.84. The van der Waals surface area contributed by atoms with Crippen LogP contribution < -0.4 is 16.6 Å². The average Bonchev–Trinajstić information content (AvgIpc) is 2.63. The first kappa shape index (κ1) is 17.8. The second-order valence-corrected chi connectivity index (χ2v) is 7.23. The fraction of sp³-hybridized carbons (Fsp3) is 0.368. The number of thioether (sulfide) groups is 1. The van der Waals surface area contributed by atoms with Gasteiger partial charge in [-0.3, -0.25) is 14.3 Å². The van der Waals surface area contributed by atoms with Crippen molar-refractivity contribution in [2.24, 2.45) is 0 Å². The minimum atomic E-state index is -0.291. The predicted molar refractivity (Wildman–Crippen MR) is 103 cm³/mol. The van der Waals surface area contributed by atoms with Gasteiger partial charge in [0.1, 0.15) is 0 Å². The van der Waals surface area contributed by atoms with E-state index < -0.39 is 0 Å². The standard InChI is InChI=1S/C19H23N3O2S/c1-2-9-20-12-15-5-3-14(4-6-15)7-10-22-17-8-11-25-13-16(17)18(23)21-19(22)24/h2-6,20H,1,7-13H2,(H,21,23,24). The average molecular weight is 357 g/mol. The number of aryl methyl sites for hydroxylation is 1. The smallest absolute Gasteiger partial charge is 0.309 e. The summed E-state index contributed by atoms with van der Waals surface area (Å²) in [7, 11) is 0. The van der Waals surface area contributed by atoms with Crippen LogP contribution in [0.5, 0.6) is 0 Å². The van der Waals surface area contributed by atoms with Crippen molar-refractivity contribution in [2.45, 2.75) is 31.7 Å². The van der Waals surface area contributed by atoms with Crippen molar-refractivity contribution in [3.63, 3.8) is 0 Å². The molecule has 1 aliphatic heterocycles. The fourth-order valence-corrected chi connectivity index (χ4v) is 4.04. The van der Waals surface area contributed by atoms with Crippen LogP contribution in [0.15, 0.2) is 46.5 Å². The molecule has 132 valence electrons. The Labute approximate surface area is 151 Å². The quantitative estimate of drug-likeness (QED) is 0.586. The molecule has 0 atom stereocenters. The van der Waals surface area contributed by atoms with Crippen molar-refractivity contribution in [1.82, 2.24) is 14.9 Å².